The third-order valence-corrected chi connectivity index (χ3v) is 2.34. The highest BCUT2D eigenvalue weighted by atomic mass is 16.3. The Labute approximate surface area is 57.1 Å². The lowest BCUT2D eigenvalue weighted by molar-refractivity contribution is -0.00927. The van der Waals surface area contributed by atoms with Crippen molar-refractivity contribution >= 4 is 0 Å². The van der Waals surface area contributed by atoms with E-state index >= 15 is 0 Å². The van der Waals surface area contributed by atoms with E-state index in [4.69, 9.17) is 5.11 Å². The second kappa shape index (κ2) is 1.98. The van der Waals surface area contributed by atoms with Crippen molar-refractivity contribution < 1.29 is 5.11 Å². The highest BCUT2D eigenvalue weighted by Gasteiger charge is 2.35. The van der Waals surface area contributed by atoms with Gasteiger partial charge in [-0.15, -0.1) is 0 Å². The smallest absolute Gasteiger partial charge is 0.0546 e. The molecule has 0 aromatic heterocycles. The number of hydrogen-bond donors (Lipinski definition) is 1. The zero-order valence-electron chi connectivity index (χ0n) is 6.52. The highest BCUT2D eigenvalue weighted by Crippen LogP contribution is 2.41. The summed E-state index contributed by atoms with van der Waals surface area (Å²) in [6, 6.07) is 0. The van der Waals surface area contributed by atoms with Crippen LogP contribution >= 0.6 is 0 Å². The number of aliphatic hydroxyl groups is 1. The van der Waals surface area contributed by atoms with Gasteiger partial charge in [0.25, 0.3) is 0 Å². The van der Waals surface area contributed by atoms with E-state index in [1.165, 1.54) is 0 Å². The summed E-state index contributed by atoms with van der Waals surface area (Å²) in [6.45, 7) is 6.72. The number of rotatable bonds is 0. The molecule has 1 heteroatoms. The van der Waals surface area contributed by atoms with E-state index in [0.29, 0.717) is 5.41 Å². The summed E-state index contributed by atoms with van der Waals surface area (Å²) in [5.41, 5.74) is 0.416. The van der Waals surface area contributed by atoms with Crippen LogP contribution in [-0.2, 0) is 0 Å². The van der Waals surface area contributed by atoms with Crippen molar-refractivity contribution in [3.63, 3.8) is 0 Å². The highest BCUT2D eigenvalue weighted by molar-refractivity contribution is 4.86. The molecule has 54 valence electrons. The van der Waals surface area contributed by atoms with E-state index in [0.717, 1.165) is 18.8 Å². The van der Waals surface area contributed by atoms with Crippen LogP contribution in [-0.4, -0.2) is 11.2 Å². The molecule has 1 nitrogen and oxygen atoms in total. The average molecular weight is 128 g/mol. The summed E-state index contributed by atoms with van der Waals surface area (Å²) in [4.78, 5) is 0. The summed E-state index contributed by atoms with van der Waals surface area (Å²) in [7, 11) is 0. The third kappa shape index (κ3) is 1.45. The molecular formula is C8H16O. The van der Waals surface area contributed by atoms with Gasteiger partial charge < -0.3 is 5.11 Å². The summed E-state index contributed by atoms with van der Waals surface area (Å²) in [5.74, 6) is 0.757. The molecule has 1 aliphatic carbocycles. The van der Waals surface area contributed by atoms with Crippen LogP contribution in [0.15, 0.2) is 0 Å². The zero-order chi connectivity index (χ0) is 7.07. The quantitative estimate of drug-likeness (QED) is 0.527. The molecule has 0 spiro atoms. The van der Waals surface area contributed by atoms with Crippen LogP contribution in [0.5, 0.6) is 0 Å². The van der Waals surface area contributed by atoms with E-state index in [9.17, 15) is 0 Å². The predicted molar refractivity (Wildman–Crippen MR) is 38.2 cm³/mol. The molecule has 0 amide bonds. The Morgan fingerprint density at radius 1 is 1.22 bits per heavy atom. The molecule has 0 bridgehead atoms. The van der Waals surface area contributed by atoms with Crippen molar-refractivity contribution in [3.05, 3.63) is 0 Å². The van der Waals surface area contributed by atoms with E-state index in [2.05, 4.69) is 20.8 Å². The molecule has 0 unspecified atom stereocenters. The van der Waals surface area contributed by atoms with Gasteiger partial charge in [-0.2, -0.15) is 0 Å². The SMILES string of the molecule is CC(C)(C)[C@H]1C[C@@H](O)C1. The Hall–Kier alpha value is -0.0400. The van der Waals surface area contributed by atoms with Crippen LogP contribution in [0.25, 0.3) is 0 Å². The van der Waals surface area contributed by atoms with Crippen molar-refractivity contribution in [3.8, 4) is 0 Å². The summed E-state index contributed by atoms with van der Waals surface area (Å²) >= 11 is 0. The fraction of sp³-hybridized carbons (Fsp3) is 1.00. The van der Waals surface area contributed by atoms with Crippen LogP contribution in [0.4, 0.5) is 0 Å². The fourth-order valence-corrected chi connectivity index (χ4v) is 1.29. The van der Waals surface area contributed by atoms with Gasteiger partial charge in [0.05, 0.1) is 6.10 Å². The van der Waals surface area contributed by atoms with Crippen LogP contribution in [0.2, 0.25) is 0 Å². The fourth-order valence-electron chi connectivity index (χ4n) is 1.29. The lowest BCUT2D eigenvalue weighted by atomic mass is 9.67. The molecule has 0 saturated heterocycles. The van der Waals surface area contributed by atoms with E-state index in [1.54, 1.807) is 0 Å². The van der Waals surface area contributed by atoms with Gasteiger partial charge in [-0.25, -0.2) is 0 Å². The topological polar surface area (TPSA) is 20.2 Å². The molecule has 1 rings (SSSR count). The molecule has 1 saturated carbocycles. The summed E-state index contributed by atoms with van der Waals surface area (Å²) in [5, 5.41) is 8.98. The lowest BCUT2D eigenvalue weighted by Gasteiger charge is -2.41. The van der Waals surface area contributed by atoms with Crippen molar-refractivity contribution in [1.82, 2.24) is 0 Å². The van der Waals surface area contributed by atoms with Gasteiger partial charge in [0.2, 0.25) is 0 Å². The zero-order valence-corrected chi connectivity index (χ0v) is 6.52. The molecular weight excluding hydrogens is 112 g/mol. The maximum atomic E-state index is 8.98. The van der Waals surface area contributed by atoms with Crippen LogP contribution in [0.3, 0.4) is 0 Å². The number of hydrogen-bond acceptors (Lipinski definition) is 1. The molecule has 0 aliphatic heterocycles. The minimum Gasteiger partial charge on any atom is -0.393 e. The van der Waals surface area contributed by atoms with Gasteiger partial charge in [-0.3, -0.25) is 0 Å². The molecule has 0 radical (unpaired) electrons. The molecule has 0 atom stereocenters. The first-order valence-electron chi connectivity index (χ1n) is 3.68. The van der Waals surface area contributed by atoms with Crippen molar-refractivity contribution in [1.29, 1.82) is 0 Å². The monoisotopic (exact) mass is 128 g/mol. The molecule has 1 aliphatic rings. The van der Waals surface area contributed by atoms with Gasteiger partial charge in [-0.1, -0.05) is 20.8 Å². The Morgan fingerprint density at radius 3 is 1.78 bits per heavy atom. The third-order valence-electron chi connectivity index (χ3n) is 2.34. The van der Waals surface area contributed by atoms with Gasteiger partial charge in [0.15, 0.2) is 0 Å². The molecule has 0 aromatic carbocycles. The molecule has 0 aromatic rings. The molecule has 1 N–H and O–H groups in total. The van der Waals surface area contributed by atoms with Gasteiger partial charge in [0.1, 0.15) is 0 Å². The van der Waals surface area contributed by atoms with E-state index < -0.39 is 0 Å². The second-order valence-electron chi connectivity index (χ2n) is 4.19. The maximum absolute atomic E-state index is 8.98. The summed E-state index contributed by atoms with van der Waals surface area (Å²) in [6.07, 6.45) is 2.04. The second-order valence-corrected chi connectivity index (χ2v) is 4.19. The molecule has 0 heterocycles. The Morgan fingerprint density at radius 2 is 1.67 bits per heavy atom. The number of aliphatic hydroxyl groups excluding tert-OH is 1. The van der Waals surface area contributed by atoms with E-state index in [1.807, 2.05) is 0 Å². The Balaban J connectivity index is 2.32. The largest absolute Gasteiger partial charge is 0.393 e. The van der Waals surface area contributed by atoms with Gasteiger partial charge in [-0.05, 0) is 24.2 Å². The maximum Gasteiger partial charge on any atom is 0.0546 e. The first-order valence-corrected chi connectivity index (χ1v) is 3.68. The van der Waals surface area contributed by atoms with Crippen LogP contribution < -0.4 is 0 Å². The van der Waals surface area contributed by atoms with E-state index in [-0.39, 0.29) is 6.10 Å². The van der Waals surface area contributed by atoms with Crippen molar-refractivity contribution in [2.75, 3.05) is 0 Å². The van der Waals surface area contributed by atoms with Crippen molar-refractivity contribution in [2.24, 2.45) is 11.3 Å². The first kappa shape index (κ1) is 7.07. The Bertz CT molecular complexity index is 95.6. The summed E-state index contributed by atoms with van der Waals surface area (Å²) < 4.78 is 0. The molecule has 9 heavy (non-hydrogen) atoms. The van der Waals surface area contributed by atoms with Gasteiger partial charge >= 0.3 is 0 Å². The minimum absolute atomic E-state index is 0.00854. The normalized spacial score (nSPS) is 36.0. The average Bonchev–Trinajstić information content (AvgIpc) is 1.55. The van der Waals surface area contributed by atoms with Crippen molar-refractivity contribution in [2.45, 2.75) is 39.7 Å². The minimum atomic E-state index is 0.00854. The predicted octanol–water partition coefficient (Wildman–Crippen LogP) is 1.80. The Kier molecular flexibility index (Phi) is 1.55. The van der Waals surface area contributed by atoms with Crippen LogP contribution in [0.1, 0.15) is 33.6 Å². The lowest BCUT2D eigenvalue weighted by Crippen LogP contribution is -2.37. The van der Waals surface area contributed by atoms with Gasteiger partial charge in [0, 0.05) is 0 Å². The van der Waals surface area contributed by atoms with Crippen LogP contribution in [0, 0.1) is 11.3 Å². The standard InChI is InChI=1S/C8H16O/c1-8(2,3)6-4-7(9)5-6/h6-7,9H,4-5H2,1-3H3/t6-,7+. The molecule has 1 fully saturated rings. The first-order chi connectivity index (χ1) is 4.00.